The molecule has 3 aromatic rings. The van der Waals surface area contributed by atoms with Crippen LogP contribution in [0.1, 0.15) is 28.6 Å². The van der Waals surface area contributed by atoms with E-state index in [-0.39, 0.29) is 19.0 Å². The maximum absolute atomic E-state index is 14.1. The molecule has 0 saturated carbocycles. The van der Waals surface area contributed by atoms with Crippen LogP contribution in [0.3, 0.4) is 0 Å². The second kappa shape index (κ2) is 7.17. The van der Waals surface area contributed by atoms with E-state index in [9.17, 15) is 13.9 Å². The summed E-state index contributed by atoms with van der Waals surface area (Å²) in [5, 5.41) is 9.31. The van der Waals surface area contributed by atoms with Gasteiger partial charge in [-0.3, -0.25) is 0 Å². The predicted octanol–water partition coefficient (Wildman–Crippen LogP) is 4.39. The highest BCUT2D eigenvalue weighted by molar-refractivity contribution is 5.85. The van der Waals surface area contributed by atoms with Crippen LogP contribution in [0, 0.1) is 18.6 Å². The average Bonchev–Trinajstić information content (AvgIpc) is 3.15. The molecule has 0 spiro atoms. The number of rotatable bonds is 3. The molecule has 2 aromatic carbocycles. The molecule has 1 N–H and O–H groups in total. The molecule has 136 valence electrons. The molecule has 0 fully saturated rings. The first kappa shape index (κ1) is 18.5. The first-order chi connectivity index (χ1) is 12.1. The van der Waals surface area contributed by atoms with Gasteiger partial charge in [0.2, 0.25) is 0 Å². The van der Waals surface area contributed by atoms with Gasteiger partial charge in [-0.1, -0.05) is 24.3 Å². The quantitative estimate of drug-likeness (QED) is 0.736. The first-order valence-corrected chi connectivity index (χ1v) is 8.28. The normalized spacial score (nSPS) is 15.6. The van der Waals surface area contributed by atoms with Crippen molar-refractivity contribution < 1.29 is 13.9 Å². The number of benzene rings is 2. The second-order valence-electron chi connectivity index (χ2n) is 6.50. The number of aromatic nitrogens is 2. The predicted molar refractivity (Wildman–Crippen MR) is 98.4 cm³/mol. The molecule has 1 unspecified atom stereocenters. The van der Waals surface area contributed by atoms with E-state index in [0.29, 0.717) is 17.2 Å². The number of hydrogen-bond donors (Lipinski definition) is 1. The molecule has 0 radical (unpaired) electrons. The van der Waals surface area contributed by atoms with Crippen LogP contribution < -0.4 is 0 Å². The van der Waals surface area contributed by atoms with E-state index in [1.165, 1.54) is 17.7 Å². The second-order valence-corrected chi connectivity index (χ2v) is 6.50. The fraction of sp³-hybridized carbons (Fsp3) is 0.250. The van der Waals surface area contributed by atoms with Crippen LogP contribution in [0.5, 0.6) is 0 Å². The van der Waals surface area contributed by atoms with Gasteiger partial charge in [-0.2, -0.15) is 0 Å². The van der Waals surface area contributed by atoms with Gasteiger partial charge >= 0.3 is 0 Å². The van der Waals surface area contributed by atoms with Gasteiger partial charge in [0.25, 0.3) is 0 Å². The number of fused-ring (bicyclic) bond motifs is 1. The van der Waals surface area contributed by atoms with Crippen molar-refractivity contribution in [2.24, 2.45) is 0 Å². The molecule has 2 heterocycles. The average molecular weight is 377 g/mol. The summed E-state index contributed by atoms with van der Waals surface area (Å²) >= 11 is 0. The number of halogens is 3. The Hall–Kier alpha value is -2.24. The van der Waals surface area contributed by atoms with Crippen molar-refractivity contribution in [3.05, 3.63) is 76.7 Å². The lowest BCUT2D eigenvalue weighted by atomic mass is 9.96. The summed E-state index contributed by atoms with van der Waals surface area (Å²) in [6.45, 7) is 2.71. The van der Waals surface area contributed by atoms with Gasteiger partial charge in [0.05, 0.1) is 12.3 Å². The van der Waals surface area contributed by atoms with Gasteiger partial charge < -0.3 is 9.67 Å². The zero-order chi connectivity index (χ0) is 17.6. The molecule has 0 amide bonds. The van der Waals surface area contributed by atoms with E-state index >= 15 is 0 Å². The zero-order valence-corrected chi connectivity index (χ0v) is 15.1. The van der Waals surface area contributed by atoms with Crippen LogP contribution in [0.25, 0.3) is 11.3 Å². The summed E-state index contributed by atoms with van der Waals surface area (Å²) in [6, 6.07) is 11.5. The van der Waals surface area contributed by atoms with Crippen LogP contribution in [-0.2, 0) is 19.6 Å². The van der Waals surface area contributed by atoms with E-state index in [1.807, 2.05) is 25.1 Å². The molecule has 3 nitrogen and oxygen atoms in total. The molecule has 6 heteroatoms. The minimum atomic E-state index is -0.591. The van der Waals surface area contributed by atoms with Crippen molar-refractivity contribution in [1.29, 1.82) is 0 Å². The Morgan fingerprint density at radius 1 is 1.19 bits per heavy atom. The molecular weight excluding hydrogens is 358 g/mol. The van der Waals surface area contributed by atoms with Gasteiger partial charge in [0.1, 0.15) is 17.5 Å². The molecule has 0 bridgehead atoms. The minimum Gasteiger partial charge on any atom is -0.392 e. The Morgan fingerprint density at radius 2 is 2.00 bits per heavy atom. The van der Waals surface area contributed by atoms with Gasteiger partial charge in [-0.15, -0.1) is 12.4 Å². The lowest BCUT2D eigenvalue weighted by Crippen LogP contribution is -2.04. The van der Waals surface area contributed by atoms with Gasteiger partial charge in [0, 0.05) is 36.2 Å². The first-order valence-electron chi connectivity index (χ1n) is 8.28. The fourth-order valence-corrected chi connectivity index (χ4v) is 3.60. The molecule has 1 aromatic heterocycles. The largest absolute Gasteiger partial charge is 0.392 e. The lowest BCUT2D eigenvalue weighted by molar-refractivity contribution is 0.281. The van der Waals surface area contributed by atoms with Gasteiger partial charge in [-0.05, 0) is 30.2 Å². The molecular formula is C20H19ClF2N2O. The highest BCUT2D eigenvalue weighted by Crippen LogP contribution is 2.35. The molecule has 0 saturated heterocycles. The fourth-order valence-electron chi connectivity index (χ4n) is 3.60. The monoisotopic (exact) mass is 376 g/mol. The maximum atomic E-state index is 14.1. The molecule has 1 aliphatic rings. The number of hydrogen-bond acceptors (Lipinski definition) is 2. The third-order valence-corrected chi connectivity index (χ3v) is 4.92. The summed E-state index contributed by atoms with van der Waals surface area (Å²) in [4.78, 5) is 4.62. The summed E-state index contributed by atoms with van der Waals surface area (Å²) in [5.41, 5.74) is 3.87. The van der Waals surface area contributed by atoms with E-state index < -0.39 is 11.6 Å². The Labute approximate surface area is 156 Å². The number of imidazole rings is 1. The Morgan fingerprint density at radius 3 is 2.69 bits per heavy atom. The van der Waals surface area contributed by atoms with E-state index in [1.54, 1.807) is 0 Å². The van der Waals surface area contributed by atoms with Gasteiger partial charge in [-0.25, -0.2) is 13.8 Å². The summed E-state index contributed by atoms with van der Waals surface area (Å²) in [7, 11) is 0. The number of aliphatic hydroxyl groups excluding tert-OH is 1. The smallest absolute Gasteiger partial charge is 0.135 e. The van der Waals surface area contributed by atoms with E-state index in [0.717, 1.165) is 36.1 Å². The Balaban J connectivity index is 0.00000196. The Bertz CT molecular complexity index is 955. The van der Waals surface area contributed by atoms with Gasteiger partial charge in [0.15, 0.2) is 0 Å². The standard InChI is InChI=1S/C20H18F2N2O.ClH/c1-12-20(17-6-5-16(21)9-18(17)22)23-19-8-15(10-24(12)19)14-4-2-3-13(7-14)11-25;/h2-7,9,15,25H,8,10-11H2,1H3;1H. The molecule has 1 atom stereocenters. The SMILES string of the molecule is Cc1c(-c2ccc(F)cc2F)nc2n1CC(c1cccc(CO)c1)C2.Cl. The van der Waals surface area contributed by atoms with Crippen LogP contribution in [0.15, 0.2) is 42.5 Å². The third kappa shape index (κ3) is 3.13. The highest BCUT2D eigenvalue weighted by atomic mass is 35.5. The van der Waals surface area contributed by atoms with Crippen LogP contribution >= 0.6 is 12.4 Å². The Kier molecular flexibility index (Phi) is 5.12. The summed E-state index contributed by atoms with van der Waals surface area (Å²) in [6.07, 6.45) is 0.762. The maximum Gasteiger partial charge on any atom is 0.135 e. The van der Waals surface area contributed by atoms with E-state index in [2.05, 4.69) is 15.6 Å². The number of aliphatic hydroxyl groups is 1. The third-order valence-electron chi connectivity index (χ3n) is 4.92. The molecule has 4 rings (SSSR count). The van der Waals surface area contributed by atoms with Crippen LogP contribution in [-0.4, -0.2) is 14.7 Å². The van der Waals surface area contributed by atoms with Crippen molar-refractivity contribution in [3.8, 4) is 11.3 Å². The topological polar surface area (TPSA) is 38.0 Å². The van der Waals surface area contributed by atoms with Crippen LogP contribution in [0.2, 0.25) is 0 Å². The highest BCUT2D eigenvalue weighted by Gasteiger charge is 2.28. The van der Waals surface area contributed by atoms with Crippen molar-refractivity contribution in [3.63, 3.8) is 0 Å². The van der Waals surface area contributed by atoms with Crippen molar-refractivity contribution in [2.45, 2.75) is 32.4 Å². The van der Waals surface area contributed by atoms with Crippen molar-refractivity contribution in [1.82, 2.24) is 9.55 Å². The molecule has 0 aliphatic carbocycles. The number of nitrogens with zero attached hydrogens (tertiary/aromatic N) is 2. The molecule has 1 aliphatic heterocycles. The van der Waals surface area contributed by atoms with Crippen molar-refractivity contribution >= 4 is 12.4 Å². The van der Waals surface area contributed by atoms with Crippen LogP contribution in [0.4, 0.5) is 8.78 Å². The van der Waals surface area contributed by atoms with E-state index in [4.69, 9.17) is 0 Å². The van der Waals surface area contributed by atoms with Crippen molar-refractivity contribution in [2.75, 3.05) is 0 Å². The molecule has 26 heavy (non-hydrogen) atoms. The zero-order valence-electron chi connectivity index (χ0n) is 14.2. The minimum absolute atomic E-state index is 0. The lowest BCUT2D eigenvalue weighted by Gasteiger charge is -2.12. The summed E-state index contributed by atoms with van der Waals surface area (Å²) < 4.78 is 29.3. The summed E-state index contributed by atoms with van der Waals surface area (Å²) in [5.74, 6) is 0.0250.